The lowest BCUT2D eigenvalue weighted by Gasteiger charge is -2.38. The van der Waals surface area contributed by atoms with Crippen LogP contribution in [0, 0.1) is 0 Å². The first-order valence-electron chi connectivity index (χ1n) is 5.59. The maximum absolute atomic E-state index is 13.2. The van der Waals surface area contributed by atoms with Crippen LogP contribution in [0.5, 0.6) is 0 Å². The molecule has 0 amide bonds. The first kappa shape index (κ1) is 15.8. The van der Waals surface area contributed by atoms with Crippen LogP contribution in [-0.4, -0.2) is 15.1 Å². The van der Waals surface area contributed by atoms with Crippen LogP contribution in [0.3, 0.4) is 0 Å². The molecule has 4 N–H and O–H groups in total. The van der Waals surface area contributed by atoms with E-state index in [0.717, 1.165) is 6.08 Å². The highest BCUT2D eigenvalue weighted by Gasteiger charge is 2.48. The van der Waals surface area contributed by atoms with E-state index in [1.807, 2.05) is 0 Å². The molecule has 0 heterocycles. The molecule has 2 rings (SSSR count). The molecular weight excluding hydrogens is 401 g/mol. The molecule has 1 aromatic rings. The number of hydrogen-bond donors (Lipinski definition) is 2. The van der Waals surface area contributed by atoms with Gasteiger partial charge < -0.3 is 11.5 Å². The standard InChI is InChI=1S/C13H11Br2F3N2/c14-11(15)6-9(8-4-2-1-3-5-8)10(13(16,17)18)7-12(11,19)20/h1-7H,19-20H2. The third kappa shape index (κ3) is 2.86. The average molecular weight is 412 g/mol. The Morgan fingerprint density at radius 2 is 1.50 bits per heavy atom. The highest BCUT2D eigenvalue weighted by molar-refractivity contribution is 9.25. The second-order valence-corrected chi connectivity index (χ2v) is 8.10. The third-order valence-corrected chi connectivity index (χ3v) is 4.80. The Morgan fingerprint density at radius 3 is 2.00 bits per heavy atom. The minimum absolute atomic E-state index is 0.0263. The lowest BCUT2D eigenvalue weighted by molar-refractivity contribution is -0.0878. The van der Waals surface area contributed by atoms with Gasteiger partial charge in [-0.25, -0.2) is 0 Å². The lowest BCUT2D eigenvalue weighted by Crippen LogP contribution is -2.60. The van der Waals surface area contributed by atoms with Gasteiger partial charge in [0.05, 0.1) is 5.57 Å². The van der Waals surface area contributed by atoms with Gasteiger partial charge >= 0.3 is 6.18 Å². The monoisotopic (exact) mass is 410 g/mol. The van der Waals surface area contributed by atoms with Crippen molar-refractivity contribution in [2.45, 2.75) is 15.1 Å². The summed E-state index contributed by atoms with van der Waals surface area (Å²) in [4.78, 5) is 0. The Balaban J connectivity index is 2.64. The van der Waals surface area contributed by atoms with Crippen molar-refractivity contribution in [1.82, 2.24) is 0 Å². The minimum Gasteiger partial charge on any atom is -0.308 e. The number of halogens is 5. The molecule has 2 nitrogen and oxygen atoms in total. The quantitative estimate of drug-likeness (QED) is 0.547. The summed E-state index contributed by atoms with van der Waals surface area (Å²) >= 11 is 6.45. The van der Waals surface area contributed by atoms with Crippen molar-refractivity contribution in [3.63, 3.8) is 0 Å². The van der Waals surface area contributed by atoms with Crippen LogP contribution in [0.25, 0.3) is 5.57 Å². The molecule has 0 aliphatic heterocycles. The summed E-state index contributed by atoms with van der Waals surface area (Å²) in [6, 6.07) is 8.26. The van der Waals surface area contributed by atoms with Crippen molar-refractivity contribution in [1.29, 1.82) is 0 Å². The maximum atomic E-state index is 13.2. The molecule has 0 unspecified atom stereocenters. The van der Waals surface area contributed by atoms with Gasteiger partial charge in [0.1, 0.15) is 8.90 Å². The topological polar surface area (TPSA) is 52.0 Å². The van der Waals surface area contributed by atoms with Gasteiger partial charge in [-0.05, 0) is 23.3 Å². The van der Waals surface area contributed by atoms with E-state index in [2.05, 4.69) is 31.9 Å². The molecule has 7 heteroatoms. The molecular formula is C13H11Br2F3N2. The summed E-state index contributed by atoms with van der Waals surface area (Å²) in [5.74, 6) is 0. The van der Waals surface area contributed by atoms with Crippen LogP contribution in [-0.2, 0) is 0 Å². The first-order valence-corrected chi connectivity index (χ1v) is 7.17. The van der Waals surface area contributed by atoms with E-state index in [1.165, 1.54) is 6.08 Å². The fraction of sp³-hybridized carbons (Fsp3) is 0.231. The molecule has 0 aromatic heterocycles. The summed E-state index contributed by atoms with van der Waals surface area (Å²) in [6.07, 6.45) is -2.37. The van der Waals surface area contributed by atoms with Crippen LogP contribution >= 0.6 is 31.9 Å². The third-order valence-electron chi connectivity index (χ3n) is 2.97. The van der Waals surface area contributed by atoms with Gasteiger partial charge in [-0.2, -0.15) is 13.2 Å². The van der Waals surface area contributed by atoms with Gasteiger partial charge in [0.2, 0.25) is 0 Å². The molecule has 0 bridgehead atoms. The predicted molar refractivity (Wildman–Crippen MR) is 80.2 cm³/mol. The van der Waals surface area contributed by atoms with E-state index in [1.54, 1.807) is 30.3 Å². The zero-order chi connectivity index (χ0) is 15.2. The number of hydrogen-bond acceptors (Lipinski definition) is 2. The molecule has 0 atom stereocenters. The summed E-state index contributed by atoms with van der Waals surface area (Å²) < 4.78 is 38.5. The van der Waals surface area contributed by atoms with Gasteiger partial charge in [0.25, 0.3) is 0 Å². The first-order chi connectivity index (χ1) is 9.05. The SMILES string of the molecule is NC1(N)C=C(C(F)(F)F)C(c2ccccc2)=CC1(Br)Br. The van der Waals surface area contributed by atoms with E-state index >= 15 is 0 Å². The van der Waals surface area contributed by atoms with Crippen molar-refractivity contribution in [2.24, 2.45) is 11.5 Å². The Kier molecular flexibility index (Phi) is 3.92. The number of allylic oxidation sites excluding steroid dienone is 2. The lowest BCUT2D eigenvalue weighted by atomic mass is 9.87. The summed E-state index contributed by atoms with van der Waals surface area (Å²) in [7, 11) is 0. The maximum Gasteiger partial charge on any atom is 0.416 e. The minimum atomic E-state index is -4.54. The highest BCUT2D eigenvalue weighted by atomic mass is 79.9. The zero-order valence-corrected chi connectivity index (χ0v) is 13.3. The van der Waals surface area contributed by atoms with E-state index in [4.69, 9.17) is 11.5 Å². The molecule has 20 heavy (non-hydrogen) atoms. The Morgan fingerprint density at radius 1 is 0.950 bits per heavy atom. The molecule has 0 saturated heterocycles. The Hall–Kier alpha value is -0.630. The van der Waals surface area contributed by atoms with Gasteiger partial charge in [-0.1, -0.05) is 62.2 Å². The number of nitrogens with two attached hydrogens (primary N) is 2. The zero-order valence-electron chi connectivity index (χ0n) is 10.1. The number of rotatable bonds is 1. The van der Waals surface area contributed by atoms with Crippen LogP contribution < -0.4 is 11.5 Å². The van der Waals surface area contributed by atoms with Crippen LogP contribution in [0.4, 0.5) is 13.2 Å². The molecule has 0 fully saturated rings. The molecule has 108 valence electrons. The largest absolute Gasteiger partial charge is 0.416 e. The number of benzene rings is 1. The molecule has 1 aliphatic rings. The molecule has 0 saturated carbocycles. The Labute approximate surface area is 131 Å². The molecule has 0 radical (unpaired) electrons. The van der Waals surface area contributed by atoms with Crippen LogP contribution in [0.1, 0.15) is 5.56 Å². The van der Waals surface area contributed by atoms with E-state index < -0.39 is 20.6 Å². The van der Waals surface area contributed by atoms with E-state index in [0.29, 0.717) is 5.56 Å². The van der Waals surface area contributed by atoms with Gasteiger partial charge in [-0.15, -0.1) is 0 Å². The van der Waals surface area contributed by atoms with Gasteiger partial charge in [-0.3, -0.25) is 0 Å². The summed E-state index contributed by atoms with van der Waals surface area (Å²) in [5.41, 5.74) is 9.40. The van der Waals surface area contributed by atoms with Gasteiger partial charge in [0.15, 0.2) is 0 Å². The van der Waals surface area contributed by atoms with Crippen molar-refractivity contribution in [3.05, 3.63) is 53.6 Å². The fourth-order valence-corrected chi connectivity index (χ4v) is 2.57. The van der Waals surface area contributed by atoms with Crippen LogP contribution in [0.15, 0.2) is 48.1 Å². The molecule has 0 spiro atoms. The van der Waals surface area contributed by atoms with Crippen molar-refractivity contribution in [3.8, 4) is 0 Å². The average Bonchev–Trinajstić information content (AvgIpc) is 2.32. The van der Waals surface area contributed by atoms with Crippen LogP contribution in [0.2, 0.25) is 0 Å². The van der Waals surface area contributed by atoms with E-state index in [-0.39, 0.29) is 5.57 Å². The number of alkyl halides is 5. The highest BCUT2D eigenvalue weighted by Crippen LogP contribution is 2.48. The van der Waals surface area contributed by atoms with Gasteiger partial charge in [0, 0.05) is 0 Å². The van der Waals surface area contributed by atoms with Crippen molar-refractivity contribution in [2.75, 3.05) is 0 Å². The van der Waals surface area contributed by atoms with Crippen molar-refractivity contribution >= 4 is 37.4 Å². The smallest absolute Gasteiger partial charge is 0.308 e. The molecule has 1 aliphatic carbocycles. The summed E-state index contributed by atoms with van der Waals surface area (Å²) in [5, 5.41) is 0. The second kappa shape index (κ2) is 4.98. The molecule has 1 aromatic carbocycles. The van der Waals surface area contributed by atoms with E-state index in [9.17, 15) is 13.2 Å². The predicted octanol–water partition coefficient (Wildman–Crippen LogP) is 3.67. The normalized spacial score (nSPS) is 21.1. The Bertz CT molecular complexity index is 575. The summed E-state index contributed by atoms with van der Waals surface area (Å²) in [6.45, 7) is 0. The fourth-order valence-electron chi connectivity index (χ4n) is 1.89. The second-order valence-electron chi connectivity index (χ2n) is 4.54. The van der Waals surface area contributed by atoms with Crippen molar-refractivity contribution < 1.29 is 13.2 Å².